The van der Waals surface area contributed by atoms with Gasteiger partial charge in [0.2, 0.25) is 5.91 Å². The fourth-order valence-electron chi connectivity index (χ4n) is 3.17. The van der Waals surface area contributed by atoms with Gasteiger partial charge in [-0.25, -0.2) is 4.39 Å². The maximum atomic E-state index is 13.5. The Balaban J connectivity index is 1.57. The molecule has 0 saturated heterocycles. The standard InChI is InChI=1S/C21H24FN3O/c1-24(2)20(17-7-5-8-18(22)14-17)15-23-21(26)11-13-25-12-10-16-6-3-4-9-19(16)25/h3-10,12,14,20H,11,13,15H2,1-2H3,(H,23,26)/t20-/m1/s1. The molecule has 3 aromatic rings. The fraction of sp³-hybridized carbons (Fsp3) is 0.286. The van der Waals surface area contributed by atoms with Gasteiger partial charge in [0, 0.05) is 31.2 Å². The molecular formula is C21H24FN3O. The molecule has 0 unspecified atom stereocenters. The van der Waals surface area contributed by atoms with Crippen molar-refractivity contribution in [2.24, 2.45) is 0 Å². The van der Waals surface area contributed by atoms with Gasteiger partial charge in [-0.15, -0.1) is 0 Å². The van der Waals surface area contributed by atoms with Crippen molar-refractivity contribution in [1.29, 1.82) is 0 Å². The Hall–Kier alpha value is -2.66. The molecule has 1 heterocycles. The quantitative estimate of drug-likeness (QED) is 0.705. The van der Waals surface area contributed by atoms with E-state index in [0.29, 0.717) is 19.5 Å². The van der Waals surface area contributed by atoms with Crippen LogP contribution in [0.3, 0.4) is 0 Å². The summed E-state index contributed by atoms with van der Waals surface area (Å²) >= 11 is 0. The number of para-hydroxylation sites is 1. The summed E-state index contributed by atoms with van der Waals surface area (Å²) in [7, 11) is 3.85. The lowest BCUT2D eigenvalue weighted by Crippen LogP contribution is -2.34. The number of aromatic nitrogens is 1. The summed E-state index contributed by atoms with van der Waals surface area (Å²) in [5, 5.41) is 4.15. The number of benzene rings is 2. The number of aryl methyl sites for hydroxylation is 1. The van der Waals surface area contributed by atoms with E-state index in [-0.39, 0.29) is 17.8 Å². The number of nitrogens with zero attached hydrogens (tertiary/aromatic N) is 2. The molecule has 0 saturated carbocycles. The van der Waals surface area contributed by atoms with Crippen LogP contribution in [0.25, 0.3) is 10.9 Å². The monoisotopic (exact) mass is 353 g/mol. The van der Waals surface area contributed by atoms with Crippen LogP contribution in [-0.4, -0.2) is 36.0 Å². The minimum atomic E-state index is -0.264. The van der Waals surface area contributed by atoms with Crippen LogP contribution in [-0.2, 0) is 11.3 Å². The first-order chi connectivity index (χ1) is 12.5. The molecule has 0 aliphatic carbocycles. The fourth-order valence-corrected chi connectivity index (χ4v) is 3.17. The number of halogens is 1. The van der Waals surface area contributed by atoms with E-state index in [2.05, 4.69) is 28.1 Å². The third-order valence-corrected chi connectivity index (χ3v) is 4.61. The smallest absolute Gasteiger partial charge is 0.221 e. The molecule has 1 amide bonds. The van der Waals surface area contributed by atoms with Gasteiger partial charge in [-0.1, -0.05) is 30.3 Å². The number of amides is 1. The summed E-state index contributed by atoms with van der Waals surface area (Å²) in [5.74, 6) is -0.272. The van der Waals surface area contributed by atoms with E-state index in [1.165, 1.54) is 17.5 Å². The Kier molecular flexibility index (Phi) is 5.68. The minimum absolute atomic E-state index is 0.00830. The highest BCUT2D eigenvalue weighted by Crippen LogP contribution is 2.18. The predicted molar refractivity (Wildman–Crippen MR) is 102 cm³/mol. The van der Waals surface area contributed by atoms with Crippen LogP contribution in [0.2, 0.25) is 0 Å². The van der Waals surface area contributed by atoms with Crippen LogP contribution < -0.4 is 5.32 Å². The van der Waals surface area contributed by atoms with E-state index in [9.17, 15) is 9.18 Å². The van der Waals surface area contributed by atoms with Crippen molar-refractivity contribution in [3.05, 3.63) is 72.2 Å². The van der Waals surface area contributed by atoms with Gasteiger partial charge in [0.15, 0.2) is 0 Å². The topological polar surface area (TPSA) is 37.3 Å². The molecule has 2 aromatic carbocycles. The molecule has 1 aromatic heterocycles. The Morgan fingerprint density at radius 1 is 1.15 bits per heavy atom. The lowest BCUT2D eigenvalue weighted by Gasteiger charge is -2.25. The van der Waals surface area contributed by atoms with E-state index in [1.807, 2.05) is 43.4 Å². The van der Waals surface area contributed by atoms with Gasteiger partial charge in [0.05, 0.1) is 6.04 Å². The van der Waals surface area contributed by atoms with E-state index < -0.39 is 0 Å². The molecule has 3 rings (SSSR count). The lowest BCUT2D eigenvalue weighted by atomic mass is 10.1. The number of hydrogen-bond donors (Lipinski definition) is 1. The molecule has 0 spiro atoms. The second kappa shape index (κ2) is 8.15. The number of hydrogen-bond acceptors (Lipinski definition) is 2. The summed E-state index contributed by atoms with van der Waals surface area (Å²) in [4.78, 5) is 14.3. The first-order valence-electron chi connectivity index (χ1n) is 8.77. The van der Waals surface area contributed by atoms with Crippen LogP contribution in [0.1, 0.15) is 18.0 Å². The maximum absolute atomic E-state index is 13.5. The Morgan fingerprint density at radius 3 is 2.73 bits per heavy atom. The van der Waals surface area contributed by atoms with Crippen LogP contribution in [0.4, 0.5) is 4.39 Å². The Bertz CT molecular complexity index is 888. The highest BCUT2D eigenvalue weighted by Gasteiger charge is 2.16. The average molecular weight is 353 g/mol. The molecule has 4 nitrogen and oxygen atoms in total. The third kappa shape index (κ3) is 4.29. The molecule has 136 valence electrons. The van der Waals surface area contributed by atoms with Crippen molar-refractivity contribution < 1.29 is 9.18 Å². The zero-order valence-corrected chi connectivity index (χ0v) is 15.2. The van der Waals surface area contributed by atoms with Gasteiger partial charge >= 0.3 is 0 Å². The van der Waals surface area contributed by atoms with Gasteiger partial charge in [-0.3, -0.25) is 4.79 Å². The summed E-state index contributed by atoms with van der Waals surface area (Å²) in [5.41, 5.74) is 1.98. The van der Waals surface area contributed by atoms with Gasteiger partial charge in [0.25, 0.3) is 0 Å². The zero-order valence-electron chi connectivity index (χ0n) is 15.2. The average Bonchev–Trinajstić information content (AvgIpc) is 3.03. The second-order valence-corrected chi connectivity index (χ2v) is 6.66. The Morgan fingerprint density at radius 2 is 1.96 bits per heavy atom. The summed E-state index contributed by atoms with van der Waals surface area (Å²) in [6.07, 6.45) is 2.41. The van der Waals surface area contributed by atoms with Crippen molar-refractivity contribution in [1.82, 2.24) is 14.8 Å². The largest absolute Gasteiger partial charge is 0.354 e. The zero-order chi connectivity index (χ0) is 18.5. The van der Waals surface area contributed by atoms with Crippen molar-refractivity contribution in [3.8, 4) is 0 Å². The van der Waals surface area contributed by atoms with Crippen LogP contribution >= 0.6 is 0 Å². The van der Waals surface area contributed by atoms with Gasteiger partial charge in [-0.05, 0) is 49.3 Å². The molecule has 0 fully saturated rings. The molecule has 0 bridgehead atoms. The number of carbonyl (C=O) groups is 1. The lowest BCUT2D eigenvalue weighted by molar-refractivity contribution is -0.121. The van der Waals surface area contributed by atoms with Crippen molar-refractivity contribution >= 4 is 16.8 Å². The molecule has 0 aliphatic rings. The predicted octanol–water partition coefficient (Wildman–Crippen LogP) is 3.59. The summed E-state index contributed by atoms with van der Waals surface area (Å²) in [6.45, 7) is 1.08. The summed E-state index contributed by atoms with van der Waals surface area (Å²) in [6, 6.07) is 16.6. The van der Waals surface area contributed by atoms with E-state index >= 15 is 0 Å². The molecule has 5 heteroatoms. The molecule has 1 atom stereocenters. The number of likely N-dealkylation sites (N-methyl/N-ethyl adjacent to an activating group) is 1. The maximum Gasteiger partial charge on any atom is 0.221 e. The highest BCUT2D eigenvalue weighted by atomic mass is 19.1. The van der Waals surface area contributed by atoms with Gasteiger partial charge in [-0.2, -0.15) is 0 Å². The Labute approximate surface area is 153 Å². The van der Waals surface area contributed by atoms with E-state index in [1.54, 1.807) is 6.07 Å². The number of fused-ring (bicyclic) bond motifs is 1. The molecule has 0 aliphatic heterocycles. The number of nitrogens with one attached hydrogen (secondary N) is 1. The minimum Gasteiger partial charge on any atom is -0.354 e. The first kappa shape index (κ1) is 18.1. The van der Waals surface area contributed by atoms with Gasteiger partial charge in [0.1, 0.15) is 5.82 Å². The first-order valence-corrected chi connectivity index (χ1v) is 8.77. The summed E-state index contributed by atoms with van der Waals surface area (Å²) < 4.78 is 15.6. The molecular weight excluding hydrogens is 329 g/mol. The van der Waals surface area contributed by atoms with Gasteiger partial charge < -0.3 is 14.8 Å². The molecule has 26 heavy (non-hydrogen) atoms. The molecule has 0 radical (unpaired) electrons. The molecule has 1 N–H and O–H groups in total. The highest BCUT2D eigenvalue weighted by molar-refractivity contribution is 5.80. The van der Waals surface area contributed by atoms with E-state index in [4.69, 9.17) is 0 Å². The number of rotatable bonds is 7. The number of carbonyl (C=O) groups excluding carboxylic acids is 1. The van der Waals surface area contributed by atoms with Crippen molar-refractivity contribution in [2.75, 3.05) is 20.6 Å². The normalized spacial score (nSPS) is 12.5. The second-order valence-electron chi connectivity index (χ2n) is 6.66. The third-order valence-electron chi connectivity index (χ3n) is 4.61. The SMILES string of the molecule is CN(C)[C@H](CNC(=O)CCn1ccc2ccccc21)c1cccc(F)c1. The van der Waals surface area contributed by atoms with Crippen LogP contribution in [0.15, 0.2) is 60.8 Å². The van der Waals surface area contributed by atoms with E-state index in [0.717, 1.165) is 11.1 Å². The van der Waals surface area contributed by atoms with Crippen molar-refractivity contribution in [3.63, 3.8) is 0 Å². The van der Waals surface area contributed by atoms with Crippen molar-refractivity contribution in [2.45, 2.75) is 19.0 Å². The van der Waals surface area contributed by atoms with Crippen LogP contribution in [0.5, 0.6) is 0 Å². The van der Waals surface area contributed by atoms with Crippen LogP contribution in [0, 0.1) is 5.82 Å².